The monoisotopic (exact) mass is 690 g/mol. The van der Waals surface area contributed by atoms with E-state index in [9.17, 15) is 23.6 Å². The van der Waals surface area contributed by atoms with Crippen LogP contribution in [0.5, 0.6) is 0 Å². The molecule has 0 saturated heterocycles. The Balaban J connectivity index is 0.000000183. The number of hydrogen-bond donors (Lipinski definition) is 3. The molecule has 0 aliphatic heterocycles. The number of rotatable bonds is 9. The zero-order valence-electron chi connectivity index (χ0n) is 27.5. The van der Waals surface area contributed by atoms with Crippen molar-refractivity contribution in [3.05, 3.63) is 164 Å². The summed E-state index contributed by atoms with van der Waals surface area (Å²) in [6, 6.07) is 25.1. The van der Waals surface area contributed by atoms with Crippen LogP contribution in [0.25, 0.3) is 22.1 Å². The Morgan fingerprint density at radius 1 is 0.667 bits per heavy atom. The lowest BCUT2D eigenvalue weighted by Gasteiger charge is -2.15. The van der Waals surface area contributed by atoms with E-state index in [4.69, 9.17) is 4.84 Å². The number of fused-ring (bicyclic) bond motifs is 2. The van der Waals surface area contributed by atoms with Gasteiger partial charge in [-0.25, -0.2) is 28.7 Å². The highest BCUT2D eigenvalue weighted by atomic mass is 19.1. The molecular weight excluding hydrogens is 658 g/mol. The van der Waals surface area contributed by atoms with Gasteiger partial charge in [0.05, 0.1) is 33.5 Å². The van der Waals surface area contributed by atoms with Gasteiger partial charge in [0.2, 0.25) is 0 Å². The largest absolute Gasteiger partial charge is 0.423 e. The molecule has 0 aliphatic rings. The molecule has 3 N–H and O–H groups in total. The predicted octanol–water partition coefficient (Wildman–Crippen LogP) is 5.57. The first-order chi connectivity index (χ1) is 24.7. The first-order valence-corrected chi connectivity index (χ1v) is 15.8. The van der Waals surface area contributed by atoms with Crippen molar-refractivity contribution in [3.63, 3.8) is 0 Å². The van der Waals surface area contributed by atoms with E-state index in [-0.39, 0.29) is 42.5 Å². The maximum absolute atomic E-state index is 13.9. The van der Waals surface area contributed by atoms with Crippen molar-refractivity contribution in [2.75, 3.05) is 10.6 Å². The maximum atomic E-state index is 13.9. The van der Waals surface area contributed by atoms with E-state index in [0.29, 0.717) is 55.0 Å². The minimum absolute atomic E-state index is 0.107. The number of aryl methyl sites for hydroxylation is 2. The third kappa shape index (κ3) is 7.64. The van der Waals surface area contributed by atoms with Crippen LogP contribution < -0.4 is 26.6 Å². The van der Waals surface area contributed by atoms with Crippen molar-refractivity contribution in [3.8, 4) is 0 Å². The number of hydrogen-bond acceptors (Lipinski definition) is 10. The van der Waals surface area contributed by atoms with Crippen molar-refractivity contribution < 1.29 is 18.8 Å². The zero-order valence-corrected chi connectivity index (χ0v) is 27.5. The van der Waals surface area contributed by atoms with E-state index in [1.807, 2.05) is 37.3 Å². The van der Waals surface area contributed by atoms with E-state index < -0.39 is 5.56 Å². The predicted molar refractivity (Wildman–Crippen MR) is 188 cm³/mol. The molecule has 0 spiro atoms. The molecule has 0 radical (unpaired) electrons. The molecule has 0 fully saturated rings. The Morgan fingerprint density at radius 3 is 1.73 bits per heavy atom. The minimum Gasteiger partial charge on any atom is -0.423 e. The van der Waals surface area contributed by atoms with E-state index in [2.05, 4.69) is 30.6 Å². The summed E-state index contributed by atoms with van der Waals surface area (Å²) in [7, 11) is 0. The van der Waals surface area contributed by atoms with Gasteiger partial charge in [-0.05, 0) is 31.5 Å². The van der Waals surface area contributed by atoms with Crippen molar-refractivity contribution in [2.45, 2.75) is 33.5 Å². The molecule has 0 aliphatic carbocycles. The van der Waals surface area contributed by atoms with Gasteiger partial charge in [-0.15, -0.1) is 9.46 Å². The molecule has 4 aromatic heterocycles. The van der Waals surface area contributed by atoms with Crippen LogP contribution in [0.15, 0.2) is 113 Å². The smallest absolute Gasteiger partial charge is 0.287 e. The van der Waals surface area contributed by atoms with Crippen LogP contribution in [-0.4, -0.2) is 34.6 Å². The molecule has 258 valence electrons. The number of aromatic nitrogens is 6. The molecule has 7 rings (SSSR count). The van der Waals surface area contributed by atoms with Crippen molar-refractivity contribution >= 4 is 33.4 Å². The molecule has 7 aromatic rings. The van der Waals surface area contributed by atoms with Gasteiger partial charge in [0, 0.05) is 36.3 Å². The van der Waals surface area contributed by atoms with E-state index >= 15 is 0 Å². The molecule has 12 nitrogen and oxygen atoms in total. The van der Waals surface area contributed by atoms with Gasteiger partial charge < -0.3 is 20.7 Å². The molecule has 51 heavy (non-hydrogen) atoms. The summed E-state index contributed by atoms with van der Waals surface area (Å²) in [4.78, 5) is 46.7. The summed E-state index contributed by atoms with van der Waals surface area (Å²) >= 11 is 0. The molecule has 4 heterocycles. The molecule has 0 saturated carbocycles. The van der Waals surface area contributed by atoms with Gasteiger partial charge in [0.15, 0.2) is 11.3 Å². The molecule has 14 heteroatoms. The highest BCUT2D eigenvalue weighted by Gasteiger charge is 2.15. The normalized spacial score (nSPS) is 10.8. The molecular formula is C37H32F2N8O4. The Labute approximate surface area is 289 Å². The summed E-state index contributed by atoms with van der Waals surface area (Å²) in [5.74, 6) is -0.639. The fourth-order valence-corrected chi connectivity index (χ4v) is 5.37. The Kier molecular flexibility index (Phi) is 10.2. The second-order valence-electron chi connectivity index (χ2n) is 11.4. The van der Waals surface area contributed by atoms with Crippen molar-refractivity contribution in [2.24, 2.45) is 0 Å². The highest BCUT2D eigenvalue weighted by Crippen LogP contribution is 2.24. The first-order valence-electron chi connectivity index (χ1n) is 15.8. The van der Waals surface area contributed by atoms with Gasteiger partial charge in [-0.2, -0.15) is 0 Å². The lowest BCUT2D eigenvalue weighted by molar-refractivity contribution is 0.0979. The maximum Gasteiger partial charge on any atom is 0.287 e. The van der Waals surface area contributed by atoms with Gasteiger partial charge in [-0.3, -0.25) is 9.59 Å². The third-order valence-corrected chi connectivity index (χ3v) is 7.97. The highest BCUT2D eigenvalue weighted by molar-refractivity contribution is 5.91. The van der Waals surface area contributed by atoms with E-state index in [1.165, 1.54) is 41.7 Å². The van der Waals surface area contributed by atoms with Crippen LogP contribution in [0.1, 0.15) is 28.1 Å². The summed E-state index contributed by atoms with van der Waals surface area (Å²) in [5, 5.41) is 17.1. The van der Waals surface area contributed by atoms with Crippen LogP contribution in [-0.2, 0) is 19.7 Å². The van der Waals surface area contributed by atoms with Crippen LogP contribution in [0.2, 0.25) is 0 Å². The van der Waals surface area contributed by atoms with Crippen LogP contribution in [0, 0.1) is 25.5 Å². The standard InChI is InChI=1S/C22H19FN4O2.C15H13FN4O2/c1-15-21-19(24-12-17-9-5-6-10-18(17)23)11-20(28)27(22(21)26-14-25-15)29-13-16-7-3-2-4-8-16;1-9-14-12(17-7-10-4-2-3-5-11(10)16)6-13(21)20(22)15(14)19-8-18-9/h2-11,14,24H,12-13H2,1H3;2-6,8,17,22H,7H2,1H3. The quantitative estimate of drug-likeness (QED) is 0.164. The second kappa shape index (κ2) is 15.2. The van der Waals surface area contributed by atoms with Crippen LogP contribution in [0.4, 0.5) is 20.2 Å². The molecule has 0 atom stereocenters. The Hall–Kier alpha value is -6.70. The van der Waals surface area contributed by atoms with Crippen LogP contribution in [0.3, 0.4) is 0 Å². The lowest BCUT2D eigenvalue weighted by atomic mass is 10.2. The second-order valence-corrected chi connectivity index (χ2v) is 11.4. The van der Waals surface area contributed by atoms with E-state index in [1.54, 1.807) is 43.3 Å². The number of benzene rings is 3. The summed E-state index contributed by atoms with van der Waals surface area (Å²) in [5.41, 5.74) is 3.64. The van der Waals surface area contributed by atoms with Crippen molar-refractivity contribution in [1.29, 1.82) is 0 Å². The third-order valence-electron chi connectivity index (χ3n) is 7.97. The SMILES string of the molecule is Cc1ncnc2c1c(NCc1ccccc1F)cc(=O)n2O.Cc1ncnc2c1c(NCc1ccccc1F)cc(=O)n2OCc1ccccc1. The zero-order chi connectivity index (χ0) is 35.9. The number of pyridine rings is 2. The molecule has 0 bridgehead atoms. The fraction of sp³-hybridized carbons (Fsp3) is 0.135. The molecule has 3 aromatic carbocycles. The number of halogens is 2. The van der Waals surface area contributed by atoms with Gasteiger partial charge >= 0.3 is 0 Å². The number of nitrogens with zero attached hydrogens (tertiary/aromatic N) is 6. The average Bonchev–Trinajstić information content (AvgIpc) is 3.13. The summed E-state index contributed by atoms with van der Waals surface area (Å²) < 4.78 is 29.2. The molecule has 0 amide bonds. The number of anilines is 2. The van der Waals surface area contributed by atoms with Gasteiger partial charge in [0.25, 0.3) is 11.1 Å². The van der Waals surface area contributed by atoms with Gasteiger partial charge in [-0.1, -0.05) is 66.7 Å². The minimum atomic E-state index is -0.623. The van der Waals surface area contributed by atoms with Crippen LogP contribution >= 0.6 is 0 Å². The topological polar surface area (TPSA) is 149 Å². The van der Waals surface area contributed by atoms with E-state index in [0.717, 1.165) is 5.56 Å². The fourth-order valence-electron chi connectivity index (χ4n) is 5.37. The lowest BCUT2D eigenvalue weighted by Crippen LogP contribution is -2.28. The first kappa shape index (κ1) is 34.2. The Morgan fingerprint density at radius 2 is 1.16 bits per heavy atom. The van der Waals surface area contributed by atoms with Crippen molar-refractivity contribution in [1.82, 2.24) is 29.4 Å². The molecule has 0 unspecified atom stereocenters. The number of nitrogens with one attached hydrogen (secondary N) is 2. The van der Waals surface area contributed by atoms with Gasteiger partial charge in [0.1, 0.15) is 30.9 Å². The summed E-state index contributed by atoms with van der Waals surface area (Å²) in [6.07, 6.45) is 2.66. The Bertz CT molecular complexity index is 2460. The summed E-state index contributed by atoms with van der Waals surface area (Å²) in [6.45, 7) is 4.21. The average molecular weight is 691 g/mol.